The zero-order valence-corrected chi connectivity index (χ0v) is 20.0. The Morgan fingerprint density at radius 3 is 2.50 bits per heavy atom. The zero-order valence-electron chi connectivity index (χ0n) is 19.2. The average molecular weight is 472 g/mol. The van der Waals surface area contributed by atoms with Gasteiger partial charge in [-0.05, 0) is 67.6 Å². The van der Waals surface area contributed by atoms with Gasteiger partial charge in [-0.1, -0.05) is 53.8 Å². The van der Waals surface area contributed by atoms with Crippen molar-refractivity contribution in [3.8, 4) is 10.9 Å². The van der Waals surface area contributed by atoms with Gasteiger partial charge in [0.05, 0.1) is 10.2 Å². The number of hydrogen-bond donors (Lipinski definition) is 1. The van der Waals surface area contributed by atoms with Crippen LogP contribution in [-0.2, 0) is 6.42 Å². The van der Waals surface area contributed by atoms with Gasteiger partial charge in [0.15, 0.2) is 0 Å². The zero-order chi connectivity index (χ0) is 23.2. The van der Waals surface area contributed by atoms with Crippen LogP contribution in [0.3, 0.4) is 0 Å². The van der Waals surface area contributed by atoms with Crippen LogP contribution in [0.15, 0.2) is 78.9 Å². The second kappa shape index (κ2) is 10.8. The average Bonchev–Trinajstić information content (AvgIpc) is 3.64. The van der Waals surface area contributed by atoms with Crippen molar-refractivity contribution in [1.82, 2.24) is 15.2 Å². The summed E-state index contributed by atoms with van der Waals surface area (Å²) in [4.78, 5) is 19.3. The van der Waals surface area contributed by atoms with Crippen molar-refractivity contribution in [3.63, 3.8) is 0 Å². The molecule has 0 aliphatic heterocycles. The molecule has 5 nitrogen and oxygen atoms in total. The fourth-order valence-corrected chi connectivity index (χ4v) is 4.92. The van der Waals surface area contributed by atoms with E-state index in [2.05, 4.69) is 33.4 Å². The first-order chi connectivity index (χ1) is 16.7. The topological polar surface area (TPSA) is 54.5 Å². The molecule has 3 aromatic carbocycles. The third-order valence-corrected chi connectivity index (χ3v) is 7.01. The number of fused-ring (bicyclic) bond motifs is 1. The molecular weight excluding hydrogens is 442 g/mol. The van der Waals surface area contributed by atoms with Gasteiger partial charge in [0.25, 0.3) is 11.1 Å². The van der Waals surface area contributed by atoms with E-state index >= 15 is 0 Å². The third kappa shape index (κ3) is 6.01. The van der Waals surface area contributed by atoms with Crippen LogP contribution in [0, 0.1) is 0 Å². The van der Waals surface area contributed by atoms with E-state index in [1.807, 2.05) is 60.7 Å². The van der Waals surface area contributed by atoms with Gasteiger partial charge >= 0.3 is 0 Å². The fraction of sp³-hybridized carbons (Fsp3) is 0.286. The minimum Gasteiger partial charge on any atom is -0.431 e. The summed E-state index contributed by atoms with van der Waals surface area (Å²) in [5.41, 5.74) is 3.00. The van der Waals surface area contributed by atoms with Crippen LogP contribution < -0.4 is 10.1 Å². The van der Waals surface area contributed by atoms with E-state index in [0.717, 1.165) is 47.5 Å². The van der Waals surface area contributed by atoms with Crippen LogP contribution in [0.25, 0.3) is 10.2 Å². The van der Waals surface area contributed by atoms with Crippen LogP contribution in [0.5, 0.6) is 10.9 Å². The molecule has 1 aliphatic rings. The number of nitrogens with zero attached hydrogens (tertiary/aromatic N) is 2. The van der Waals surface area contributed by atoms with Crippen LogP contribution in [0.4, 0.5) is 0 Å². The smallest absolute Gasteiger partial charge is 0.279 e. The van der Waals surface area contributed by atoms with Crippen LogP contribution in [0.2, 0.25) is 0 Å². The van der Waals surface area contributed by atoms with Gasteiger partial charge in [0.1, 0.15) is 5.75 Å². The van der Waals surface area contributed by atoms with Crippen molar-refractivity contribution >= 4 is 27.5 Å². The number of amides is 1. The molecule has 0 unspecified atom stereocenters. The molecule has 1 heterocycles. The van der Waals surface area contributed by atoms with Crippen LogP contribution in [-0.4, -0.2) is 41.5 Å². The largest absolute Gasteiger partial charge is 0.431 e. The molecule has 1 fully saturated rings. The van der Waals surface area contributed by atoms with Gasteiger partial charge in [0, 0.05) is 31.2 Å². The molecule has 174 valence electrons. The number of ether oxygens (including phenoxy) is 1. The highest BCUT2D eigenvalue weighted by molar-refractivity contribution is 7.20. The first kappa shape index (κ1) is 22.6. The summed E-state index contributed by atoms with van der Waals surface area (Å²) in [7, 11) is 0. The Bertz CT molecular complexity index is 1190. The molecule has 4 aromatic rings. The van der Waals surface area contributed by atoms with Crippen molar-refractivity contribution in [3.05, 3.63) is 90.0 Å². The number of thiazole rings is 1. The highest BCUT2D eigenvalue weighted by Crippen LogP contribution is 2.31. The Morgan fingerprint density at radius 2 is 1.74 bits per heavy atom. The number of aromatic nitrogens is 1. The van der Waals surface area contributed by atoms with E-state index in [-0.39, 0.29) is 5.91 Å². The Labute approximate surface area is 204 Å². The summed E-state index contributed by atoms with van der Waals surface area (Å²) >= 11 is 1.56. The highest BCUT2D eigenvalue weighted by atomic mass is 32.1. The van der Waals surface area contributed by atoms with E-state index in [0.29, 0.717) is 17.8 Å². The second-order valence-electron chi connectivity index (χ2n) is 8.69. The molecule has 0 saturated heterocycles. The van der Waals surface area contributed by atoms with Crippen LogP contribution in [0.1, 0.15) is 35.2 Å². The molecule has 0 atom stereocenters. The van der Waals surface area contributed by atoms with Gasteiger partial charge in [-0.25, -0.2) is 4.98 Å². The monoisotopic (exact) mass is 471 g/mol. The van der Waals surface area contributed by atoms with E-state index in [9.17, 15) is 4.79 Å². The summed E-state index contributed by atoms with van der Waals surface area (Å²) in [5.74, 6) is 0.822. The normalized spacial score (nSPS) is 13.3. The van der Waals surface area contributed by atoms with Crippen LogP contribution >= 0.6 is 11.3 Å². The Hall–Kier alpha value is -3.22. The maximum atomic E-state index is 12.2. The van der Waals surface area contributed by atoms with Gasteiger partial charge in [-0.3, -0.25) is 9.69 Å². The Kier molecular flexibility index (Phi) is 7.17. The molecule has 1 N–H and O–H groups in total. The van der Waals surface area contributed by atoms with Gasteiger partial charge in [-0.2, -0.15) is 0 Å². The Morgan fingerprint density at radius 1 is 0.971 bits per heavy atom. The summed E-state index contributed by atoms with van der Waals surface area (Å²) in [6.07, 6.45) is 4.54. The van der Waals surface area contributed by atoms with Gasteiger partial charge in [-0.15, -0.1) is 0 Å². The fourth-order valence-electron chi connectivity index (χ4n) is 4.08. The first-order valence-corrected chi connectivity index (χ1v) is 12.8. The number of carbonyl (C=O) groups is 1. The number of benzene rings is 3. The Balaban J connectivity index is 1.07. The van der Waals surface area contributed by atoms with E-state index in [4.69, 9.17) is 4.74 Å². The molecule has 0 radical (unpaired) electrons. The van der Waals surface area contributed by atoms with Crippen molar-refractivity contribution in [2.75, 3.05) is 19.6 Å². The predicted molar refractivity (Wildman–Crippen MR) is 138 cm³/mol. The molecule has 0 spiro atoms. The first-order valence-electron chi connectivity index (χ1n) is 11.9. The van der Waals surface area contributed by atoms with Gasteiger partial charge in [0.2, 0.25) is 0 Å². The maximum Gasteiger partial charge on any atom is 0.279 e. The number of carbonyl (C=O) groups excluding carboxylic acids is 1. The standard InChI is InChI=1S/C28H29N3O2S/c32-27(22-7-2-1-3-8-22)29-18-6-19-31(23-13-14-23)20-17-21-11-15-24(16-12-21)33-28-30-25-9-4-5-10-26(25)34-28/h1-5,7-12,15-16,23H,6,13-14,17-20H2,(H,29,32). The summed E-state index contributed by atoms with van der Waals surface area (Å²) in [6.45, 7) is 2.75. The van der Waals surface area contributed by atoms with E-state index < -0.39 is 0 Å². The second-order valence-corrected chi connectivity index (χ2v) is 9.68. The van der Waals surface area contributed by atoms with Crippen molar-refractivity contribution in [2.45, 2.75) is 31.7 Å². The molecule has 34 heavy (non-hydrogen) atoms. The van der Waals surface area contributed by atoms with Gasteiger partial charge < -0.3 is 10.1 Å². The number of hydrogen-bond acceptors (Lipinski definition) is 5. The van der Waals surface area contributed by atoms with Crippen molar-refractivity contribution < 1.29 is 9.53 Å². The molecule has 0 bridgehead atoms. The molecule has 1 amide bonds. The minimum absolute atomic E-state index is 0.00623. The quantitative estimate of drug-likeness (QED) is 0.276. The minimum atomic E-state index is 0.00623. The lowest BCUT2D eigenvalue weighted by Gasteiger charge is -2.22. The summed E-state index contributed by atoms with van der Waals surface area (Å²) in [6, 6.07) is 26.5. The highest BCUT2D eigenvalue weighted by Gasteiger charge is 2.28. The third-order valence-electron chi connectivity index (χ3n) is 6.10. The molecule has 1 saturated carbocycles. The molecule has 5 rings (SSSR count). The lowest BCUT2D eigenvalue weighted by atomic mass is 10.1. The summed E-state index contributed by atoms with van der Waals surface area (Å²) < 4.78 is 7.10. The number of nitrogens with one attached hydrogen (secondary N) is 1. The van der Waals surface area contributed by atoms with E-state index in [1.165, 1.54) is 18.4 Å². The lowest BCUT2D eigenvalue weighted by Crippen LogP contribution is -2.32. The van der Waals surface area contributed by atoms with Crippen molar-refractivity contribution in [1.29, 1.82) is 0 Å². The molecular formula is C28H29N3O2S. The number of rotatable bonds is 11. The molecule has 1 aromatic heterocycles. The molecule has 1 aliphatic carbocycles. The predicted octanol–water partition coefficient (Wildman–Crippen LogP) is 5.92. The maximum absolute atomic E-state index is 12.2. The van der Waals surface area contributed by atoms with E-state index in [1.54, 1.807) is 11.3 Å². The summed E-state index contributed by atoms with van der Waals surface area (Å²) in [5, 5.41) is 3.71. The number of para-hydroxylation sites is 1. The lowest BCUT2D eigenvalue weighted by molar-refractivity contribution is 0.0951. The SMILES string of the molecule is O=C(NCCCN(CCc1ccc(Oc2nc3ccccc3s2)cc1)C1CC1)c1ccccc1. The molecule has 6 heteroatoms. The van der Waals surface area contributed by atoms with Crippen molar-refractivity contribution in [2.24, 2.45) is 0 Å².